The molecular weight excluding hydrogens is 356 g/mol. The second-order valence-corrected chi connectivity index (χ2v) is 7.13. The van der Waals surface area contributed by atoms with E-state index >= 15 is 0 Å². The van der Waals surface area contributed by atoms with Crippen molar-refractivity contribution in [3.63, 3.8) is 0 Å². The predicted molar refractivity (Wildman–Crippen MR) is 104 cm³/mol. The third-order valence-corrected chi connectivity index (χ3v) is 5.11. The summed E-state index contributed by atoms with van der Waals surface area (Å²) in [6, 6.07) is 19.2. The number of aromatic nitrogens is 1. The Balaban J connectivity index is 1.21. The Kier molecular flexibility index (Phi) is 4.04. The predicted octanol–water partition coefficient (Wildman–Crippen LogP) is 3.05. The Morgan fingerprint density at radius 3 is 2.54 bits per heavy atom. The van der Waals surface area contributed by atoms with Gasteiger partial charge >= 0.3 is 0 Å². The van der Waals surface area contributed by atoms with E-state index in [1.54, 1.807) is 4.90 Å². The van der Waals surface area contributed by atoms with Crippen molar-refractivity contribution in [3.05, 3.63) is 60.7 Å². The van der Waals surface area contributed by atoms with E-state index < -0.39 is 6.10 Å². The summed E-state index contributed by atoms with van der Waals surface area (Å²) in [5, 5.41) is 1.07. The van der Waals surface area contributed by atoms with Crippen LogP contribution < -0.4 is 14.2 Å². The number of hydrogen-bond donors (Lipinski definition) is 0. The van der Waals surface area contributed by atoms with Crippen molar-refractivity contribution < 1.29 is 19.0 Å². The van der Waals surface area contributed by atoms with Crippen molar-refractivity contribution in [2.75, 3.05) is 13.1 Å². The van der Waals surface area contributed by atoms with Gasteiger partial charge in [0.25, 0.3) is 5.91 Å². The summed E-state index contributed by atoms with van der Waals surface area (Å²) in [7, 11) is 0. The molecule has 5 rings (SSSR count). The summed E-state index contributed by atoms with van der Waals surface area (Å²) in [4.78, 5) is 19.1. The van der Waals surface area contributed by atoms with Crippen LogP contribution in [0.1, 0.15) is 6.92 Å². The minimum Gasteiger partial charge on any atom is -0.482 e. The van der Waals surface area contributed by atoms with Crippen LogP contribution in [0.25, 0.3) is 10.9 Å². The lowest BCUT2D eigenvalue weighted by Gasteiger charge is -2.42. The van der Waals surface area contributed by atoms with Crippen molar-refractivity contribution in [3.8, 4) is 17.4 Å². The monoisotopic (exact) mass is 376 g/mol. The molecule has 0 aliphatic carbocycles. The Morgan fingerprint density at radius 2 is 1.71 bits per heavy atom. The van der Waals surface area contributed by atoms with Crippen molar-refractivity contribution in [1.29, 1.82) is 0 Å². The van der Waals surface area contributed by atoms with E-state index in [1.165, 1.54) is 0 Å². The highest BCUT2D eigenvalue weighted by Gasteiger charge is 2.42. The quantitative estimate of drug-likeness (QED) is 0.703. The van der Waals surface area contributed by atoms with Crippen molar-refractivity contribution in [2.24, 2.45) is 0 Å². The van der Waals surface area contributed by atoms with Gasteiger partial charge in [0.1, 0.15) is 12.2 Å². The summed E-state index contributed by atoms with van der Waals surface area (Å²) in [6.07, 6.45) is -1.05. The smallest absolute Gasteiger partial charge is 0.267 e. The molecule has 0 radical (unpaired) electrons. The summed E-state index contributed by atoms with van der Waals surface area (Å²) in [5.74, 6) is 1.78. The maximum atomic E-state index is 12.8. The molecule has 3 heterocycles. The fourth-order valence-electron chi connectivity index (χ4n) is 3.55. The van der Waals surface area contributed by atoms with Gasteiger partial charge in [-0.3, -0.25) is 4.79 Å². The standard InChI is InChI=1S/C22H20N2O4/c1-14-21(28-19-9-5-4-8-18(19)26-14)22(25)24-12-16(13-24)27-20-11-10-15-6-2-3-7-17(15)23-20/h2-11,14,16,21H,12-13H2,1H3. The Morgan fingerprint density at radius 1 is 1.00 bits per heavy atom. The molecule has 0 saturated carbocycles. The maximum absolute atomic E-state index is 12.8. The van der Waals surface area contributed by atoms with Gasteiger partial charge in [-0.25, -0.2) is 4.98 Å². The molecule has 2 aromatic carbocycles. The van der Waals surface area contributed by atoms with Gasteiger partial charge in [0.05, 0.1) is 18.6 Å². The Bertz CT molecular complexity index is 1030. The van der Waals surface area contributed by atoms with Crippen LogP contribution in [0.2, 0.25) is 0 Å². The maximum Gasteiger partial charge on any atom is 0.267 e. The second-order valence-electron chi connectivity index (χ2n) is 7.13. The van der Waals surface area contributed by atoms with Crippen LogP contribution >= 0.6 is 0 Å². The van der Waals surface area contributed by atoms with Gasteiger partial charge in [-0.15, -0.1) is 0 Å². The highest BCUT2D eigenvalue weighted by Crippen LogP contribution is 2.34. The van der Waals surface area contributed by atoms with E-state index in [-0.39, 0.29) is 18.1 Å². The highest BCUT2D eigenvalue weighted by molar-refractivity contribution is 5.83. The van der Waals surface area contributed by atoms with Crippen molar-refractivity contribution >= 4 is 16.8 Å². The fourth-order valence-corrected chi connectivity index (χ4v) is 3.55. The number of nitrogens with zero attached hydrogens (tertiary/aromatic N) is 2. The summed E-state index contributed by atoms with van der Waals surface area (Å²) >= 11 is 0. The number of amides is 1. The molecule has 1 amide bonds. The molecule has 2 unspecified atom stereocenters. The molecule has 142 valence electrons. The van der Waals surface area contributed by atoms with Crippen LogP contribution in [0.3, 0.4) is 0 Å². The number of rotatable bonds is 3. The molecule has 0 N–H and O–H groups in total. The number of fused-ring (bicyclic) bond motifs is 2. The van der Waals surface area contributed by atoms with Crippen LogP contribution in [0.4, 0.5) is 0 Å². The van der Waals surface area contributed by atoms with E-state index in [4.69, 9.17) is 14.2 Å². The van der Waals surface area contributed by atoms with Crippen molar-refractivity contribution in [2.45, 2.75) is 25.2 Å². The molecule has 1 aromatic heterocycles. The van der Waals surface area contributed by atoms with E-state index in [1.807, 2.05) is 67.6 Å². The van der Waals surface area contributed by atoms with Crippen LogP contribution in [0.5, 0.6) is 17.4 Å². The van der Waals surface area contributed by atoms with Gasteiger partial charge in [-0.2, -0.15) is 0 Å². The first-order valence-corrected chi connectivity index (χ1v) is 9.41. The molecule has 1 saturated heterocycles. The van der Waals surface area contributed by atoms with Crippen LogP contribution in [-0.4, -0.2) is 47.2 Å². The zero-order chi connectivity index (χ0) is 19.1. The lowest BCUT2D eigenvalue weighted by atomic mass is 10.1. The number of carbonyl (C=O) groups excluding carboxylic acids is 1. The number of benzene rings is 2. The average molecular weight is 376 g/mol. The number of pyridine rings is 1. The van der Waals surface area contributed by atoms with E-state index in [0.717, 1.165) is 10.9 Å². The number of carbonyl (C=O) groups is 1. The van der Waals surface area contributed by atoms with Crippen LogP contribution in [0, 0.1) is 0 Å². The second kappa shape index (κ2) is 6.71. The normalized spacial score (nSPS) is 21.2. The minimum absolute atomic E-state index is 0.0651. The van der Waals surface area contributed by atoms with Crippen molar-refractivity contribution in [1.82, 2.24) is 9.88 Å². The van der Waals surface area contributed by atoms with Crippen LogP contribution in [0.15, 0.2) is 60.7 Å². The van der Waals surface area contributed by atoms with E-state index in [2.05, 4.69) is 4.98 Å². The SMILES string of the molecule is CC1Oc2ccccc2OC1C(=O)N1CC(Oc2ccc3ccccc3n2)C1. The topological polar surface area (TPSA) is 60.9 Å². The molecule has 28 heavy (non-hydrogen) atoms. The fraction of sp³-hybridized carbons (Fsp3) is 0.273. The summed E-state index contributed by atoms with van der Waals surface area (Å²) in [5.41, 5.74) is 0.896. The first-order valence-electron chi connectivity index (χ1n) is 9.41. The molecule has 6 nitrogen and oxygen atoms in total. The van der Waals surface area contributed by atoms with Gasteiger partial charge in [-0.1, -0.05) is 30.3 Å². The first-order chi connectivity index (χ1) is 13.7. The molecule has 1 fully saturated rings. The van der Waals surface area contributed by atoms with Gasteiger partial charge in [0, 0.05) is 11.5 Å². The molecule has 2 aliphatic rings. The van der Waals surface area contributed by atoms with E-state index in [0.29, 0.717) is 30.5 Å². The molecule has 2 atom stereocenters. The van der Waals surface area contributed by atoms with Gasteiger partial charge in [0.2, 0.25) is 12.0 Å². The summed E-state index contributed by atoms with van der Waals surface area (Å²) in [6.45, 7) is 2.88. The Labute approximate surface area is 162 Å². The zero-order valence-electron chi connectivity index (χ0n) is 15.4. The van der Waals surface area contributed by atoms with E-state index in [9.17, 15) is 4.79 Å². The zero-order valence-corrected chi connectivity index (χ0v) is 15.4. The summed E-state index contributed by atoms with van der Waals surface area (Å²) < 4.78 is 17.7. The number of likely N-dealkylation sites (tertiary alicyclic amines) is 1. The minimum atomic E-state index is -0.644. The lowest BCUT2D eigenvalue weighted by molar-refractivity contribution is -0.153. The number of hydrogen-bond acceptors (Lipinski definition) is 5. The molecule has 6 heteroatoms. The molecule has 0 bridgehead atoms. The number of para-hydroxylation sites is 3. The third-order valence-electron chi connectivity index (χ3n) is 5.11. The first kappa shape index (κ1) is 16.9. The lowest BCUT2D eigenvalue weighted by Crippen LogP contribution is -2.61. The third kappa shape index (κ3) is 3.01. The molecular formula is C22H20N2O4. The highest BCUT2D eigenvalue weighted by atomic mass is 16.6. The van der Waals surface area contributed by atoms with Crippen LogP contribution in [-0.2, 0) is 4.79 Å². The Hall–Kier alpha value is -3.28. The van der Waals surface area contributed by atoms with Gasteiger partial charge < -0.3 is 19.1 Å². The molecule has 0 spiro atoms. The average Bonchev–Trinajstić information content (AvgIpc) is 2.69. The largest absolute Gasteiger partial charge is 0.482 e. The van der Waals surface area contributed by atoms with Gasteiger partial charge in [0.15, 0.2) is 11.5 Å². The molecule has 3 aromatic rings. The van der Waals surface area contributed by atoms with Gasteiger partial charge in [-0.05, 0) is 31.2 Å². The molecule has 2 aliphatic heterocycles. The number of ether oxygens (including phenoxy) is 3.